The van der Waals surface area contributed by atoms with Gasteiger partial charge in [0.15, 0.2) is 5.11 Å². The van der Waals surface area contributed by atoms with E-state index in [0.29, 0.717) is 27.9 Å². The lowest BCUT2D eigenvalue weighted by molar-refractivity contribution is -0.384. The zero-order valence-electron chi connectivity index (χ0n) is 17.1. The summed E-state index contributed by atoms with van der Waals surface area (Å²) >= 11 is 5.63. The molecule has 1 saturated heterocycles. The van der Waals surface area contributed by atoms with E-state index in [1.807, 2.05) is 29.2 Å². The van der Waals surface area contributed by atoms with E-state index in [0.717, 1.165) is 5.69 Å². The topological polar surface area (TPSA) is 84.4 Å². The molecule has 2 aromatic heterocycles. The molecule has 0 aliphatic carbocycles. The molecule has 0 unspecified atom stereocenters. The molecule has 9 heteroatoms. The summed E-state index contributed by atoms with van der Waals surface area (Å²) < 4.78 is 19.8. The van der Waals surface area contributed by atoms with Gasteiger partial charge in [0.2, 0.25) is 0 Å². The fourth-order valence-corrected chi connectivity index (χ4v) is 4.31. The van der Waals surface area contributed by atoms with Crippen LogP contribution in [-0.2, 0) is 0 Å². The normalized spacial score (nSPS) is 17.7. The van der Waals surface area contributed by atoms with Gasteiger partial charge >= 0.3 is 0 Å². The van der Waals surface area contributed by atoms with E-state index in [2.05, 4.69) is 10.3 Å². The molecule has 164 valence electrons. The van der Waals surface area contributed by atoms with E-state index in [9.17, 15) is 14.5 Å². The minimum Gasteiger partial charge on any atom is -0.459 e. The van der Waals surface area contributed by atoms with Crippen molar-refractivity contribution in [2.45, 2.75) is 12.1 Å². The fraction of sp³-hybridized carbons (Fsp3) is 0.0833. The van der Waals surface area contributed by atoms with Crippen molar-refractivity contribution in [3.63, 3.8) is 0 Å². The van der Waals surface area contributed by atoms with E-state index in [-0.39, 0.29) is 17.5 Å². The molecule has 3 heterocycles. The smallest absolute Gasteiger partial charge is 0.270 e. The van der Waals surface area contributed by atoms with Gasteiger partial charge in [0.05, 0.1) is 16.7 Å². The monoisotopic (exact) mass is 460 g/mol. The number of benzene rings is 2. The number of non-ortho nitro benzene ring substituents is 1. The number of nitro benzene ring substituents is 1. The number of anilines is 1. The van der Waals surface area contributed by atoms with Gasteiger partial charge in [-0.2, -0.15) is 0 Å². The Morgan fingerprint density at radius 1 is 1.06 bits per heavy atom. The van der Waals surface area contributed by atoms with Crippen molar-refractivity contribution in [2.75, 3.05) is 4.90 Å². The summed E-state index contributed by atoms with van der Waals surface area (Å²) in [7, 11) is 0. The molecule has 2 atom stereocenters. The second-order valence-electron chi connectivity index (χ2n) is 7.48. The second-order valence-corrected chi connectivity index (χ2v) is 7.87. The van der Waals surface area contributed by atoms with E-state index < -0.39 is 11.0 Å². The third-order valence-corrected chi connectivity index (χ3v) is 5.78. The zero-order chi connectivity index (χ0) is 22.9. The molecule has 2 aromatic carbocycles. The summed E-state index contributed by atoms with van der Waals surface area (Å²) in [5.74, 6) is 0.731. The molecule has 0 spiro atoms. The van der Waals surface area contributed by atoms with Gasteiger partial charge in [-0.1, -0.05) is 18.2 Å². The van der Waals surface area contributed by atoms with Crippen LogP contribution in [0.3, 0.4) is 0 Å². The van der Waals surface area contributed by atoms with Gasteiger partial charge < -0.3 is 14.6 Å². The highest BCUT2D eigenvalue weighted by Crippen LogP contribution is 2.43. The van der Waals surface area contributed by atoms with E-state index in [1.54, 1.807) is 36.5 Å². The predicted molar refractivity (Wildman–Crippen MR) is 125 cm³/mol. The van der Waals surface area contributed by atoms with Crippen LogP contribution >= 0.6 is 12.2 Å². The number of hydrogen-bond donors (Lipinski definition) is 1. The minimum absolute atomic E-state index is 0.0199. The lowest BCUT2D eigenvalue weighted by Crippen LogP contribution is -2.29. The molecule has 1 N–H and O–H groups in total. The number of nitrogens with zero attached hydrogens (tertiary/aromatic N) is 3. The van der Waals surface area contributed by atoms with Gasteiger partial charge in [0.25, 0.3) is 5.69 Å². The molecule has 1 aliphatic rings. The van der Waals surface area contributed by atoms with Gasteiger partial charge in [0.1, 0.15) is 23.4 Å². The maximum Gasteiger partial charge on any atom is 0.270 e. The molecule has 0 radical (unpaired) electrons. The van der Waals surface area contributed by atoms with Crippen molar-refractivity contribution in [2.24, 2.45) is 0 Å². The number of thiocarbonyl (C=S) groups is 1. The van der Waals surface area contributed by atoms with Crippen molar-refractivity contribution < 1.29 is 13.7 Å². The van der Waals surface area contributed by atoms with Crippen LogP contribution < -0.4 is 10.2 Å². The maximum absolute atomic E-state index is 13.6. The van der Waals surface area contributed by atoms with Gasteiger partial charge in [0, 0.05) is 29.6 Å². The molecule has 1 aliphatic heterocycles. The first kappa shape index (κ1) is 20.8. The Bertz CT molecular complexity index is 1330. The van der Waals surface area contributed by atoms with E-state index in [1.165, 1.54) is 24.3 Å². The van der Waals surface area contributed by atoms with Crippen LogP contribution in [0.2, 0.25) is 0 Å². The number of furan rings is 1. The lowest BCUT2D eigenvalue weighted by Gasteiger charge is -2.26. The van der Waals surface area contributed by atoms with Crippen molar-refractivity contribution >= 4 is 28.7 Å². The first-order chi connectivity index (χ1) is 16.0. The summed E-state index contributed by atoms with van der Waals surface area (Å²) in [6.07, 6.45) is 1.70. The molecular formula is C24H17FN4O3S. The third kappa shape index (κ3) is 3.94. The first-order valence-corrected chi connectivity index (χ1v) is 10.5. The number of nitro groups is 1. The summed E-state index contributed by atoms with van der Waals surface area (Å²) in [6, 6.07) is 20.8. The first-order valence-electron chi connectivity index (χ1n) is 10.1. The summed E-state index contributed by atoms with van der Waals surface area (Å²) in [6.45, 7) is 0. The van der Waals surface area contributed by atoms with Crippen molar-refractivity contribution in [3.8, 4) is 11.3 Å². The van der Waals surface area contributed by atoms with E-state index in [4.69, 9.17) is 16.6 Å². The largest absolute Gasteiger partial charge is 0.459 e. The molecule has 33 heavy (non-hydrogen) atoms. The number of rotatable bonds is 5. The number of halogens is 1. The van der Waals surface area contributed by atoms with Crippen LogP contribution in [0, 0.1) is 15.9 Å². The van der Waals surface area contributed by atoms with Crippen LogP contribution in [0.25, 0.3) is 11.3 Å². The van der Waals surface area contributed by atoms with Crippen LogP contribution in [0.4, 0.5) is 15.8 Å². The average Bonchev–Trinajstić information content (AvgIpc) is 3.45. The molecule has 5 rings (SSSR count). The minimum atomic E-state index is -0.444. The molecule has 4 aromatic rings. The summed E-state index contributed by atoms with van der Waals surface area (Å²) in [5.41, 5.74) is 2.04. The van der Waals surface area contributed by atoms with Crippen LogP contribution in [-0.4, -0.2) is 15.0 Å². The Morgan fingerprint density at radius 2 is 1.88 bits per heavy atom. The Hall–Kier alpha value is -4.11. The third-order valence-electron chi connectivity index (χ3n) is 5.46. The maximum atomic E-state index is 13.6. The highest BCUT2D eigenvalue weighted by molar-refractivity contribution is 7.80. The van der Waals surface area contributed by atoms with Crippen molar-refractivity contribution in [1.82, 2.24) is 10.3 Å². The number of pyridine rings is 1. The predicted octanol–water partition coefficient (Wildman–Crippen LogP) is 5.57. The summed E-state index contributed by atoms with van der Waals surface area (Å²) in [5, 5.41) is 14.9. The van der Waals surface area contributed by atoms with Gasteiger partial charge in [-0.25, -0.2) is 4.39 Å². The molecule has 0 amide bonds. The summed E-state index contributed by atoms with van der Waals surface area (Å²) in [4.78, 5) is 17.1. The average molecular weight is 460 g/mol. The SMILES string of the molecule is O=[N+]([O-])c1cccc(-c2ccc([C@H]3[C@@H](c4ccccn4)NC(=S)N3c3ccc(F)cc3)o2)c1. The van der Waals surface area contributed by atoms with Crippen molar-refractivity contribution in [1.29, 1.82) is 0 Å². The van der Waals surface area contributed by atoms with Crippen molar-refractivity contribution in [3.05, 3.63) is 112 Å². The van der Waals surface area contributed by atoms with Crippen LogP contribution in [0.5, 0.6) is 0 Å². The molecule has 7 nitrogen and oxygen atoms in total. The van der Waals surface area contributed by atoms with Crippen LogP contribution in [0.15, 0.2) is 89.5 Å². The zero-order valence-corrected chi connectivity index (χ0v) is 17.9. The Labute approximate surface area is 193 Å². The number of hydrogen-bond acceptors (Lipinski definition) is 5. The van der Waals surface area contributed by atoms with E-state index >= 15 is 0 Å². The highest BCUT2D eigenvalue weighted by atomic mass is 32.1. The molecule has 0 bridgehead atoms. The Balaban J connectivity index is 1.58. The Morgan fingerprint density at radius 3 is 2.61 bits per heavy atom. The Kier molecular flexibility index (Phi) is 5.31. The standard InChI is InChI=1S/C24H17FN4O3S/c25-16-7-9-17(10-8-16)28-23(22(27-24(28)33)19-6-1-2-13-26-19)21-12-11-20(32-21)15-4-3-5-18(14-15)29(30)31/h1-14,22-23H,(H,27,33)/t22-,23+/m1/s1. The second kappa shape index (κ2) is 8.44. The van der Waals surface area contributed by atoms with Gasteiger partial charge in [-0.15, -0.1) is 0 Å². The fourth-order valence-electron chi connectivity index (χ4n) is 3.96. The number of nitrogens with one attached hydrogen (secondary N) is 1. The quantitative estimate of drug-likeness (QED) is 0.237. The number of aromatic nitrogens is 1. The molecule has 1 fully saturated rings. The highest BCUT2D eigenvalue weighted by Gasteiger charge is 2.42. The molecule has 0 saturated carbocycles. The van der Waals surface area contributed by atoms with Crippen LogP contribution in [0.1, 0.15) is 23.5 Å². The van der Waals surface area contributed by atoms with Gasteiger partial charge in [-0.05, 0) is 60.7 Å². The lowest BCUT2D eigenvalue weighted by atomic mass is 10.0. The molecular weight excluding hydrogens is 443 g/mol. The van der Waals surface area contributed by atoms with Gasteiger partial charge in [-0.3, -0.25) is 15.1 Å².